The lowest BCUT2D eigenvalue weighted by Gasteiger charge is -2.40. The van der Waals surface area contributed by atoms with Gasteiger partial charge < -0.3 is 20.4 Å². The highest BCUT2D eigenvalue weighted by atomic mass is 32.2. The Morgan fingerprint density at radius 2 is 1.83 bits per heavy atom. The van der Waals surface area contributed by atoms with E-state index in [2.05, 4.69) is 26.2 Å². The normalized spacial score (nSPS) is 17.6. The number of sulfonamides is 1. The van der Waals surface area contributed by atoms with Gasteiger partial charge in [0, 0.05) is 78.7 Å². The fraction of sp³-hybridized carbons (Fsp3) is 0.276. The number of H-pyrrole nitrogens is 1. The van der Waals surface area contributed by atoms with E-state index in [9.17, 15) is 23.2 Å². The first-order chi connectivity index (χ1) is 20.2. The smallest absolute Gasteiger partial charge is 0.292 e. The largest absolute Gasteiger partial charge is 0.619 e. The van der Waals surface area contributed by atoms with Crippen LogP contribution in [0, 0.1) is 23.5 Å². The first kappa shape index (κ1) is 27.4. The number of aromatic nitrogens is 4. The number of piperazine rings is 1. The lowest BCUT2D eigenvalue weighted by Crippen LogP contribution is -2.60. The molecule has 0 bridgehead atoms. The molecule has 1 aliphatic heterocycles. The monoisotopic (exact) mass is 585 g/mol. The molecular formula is C29H27N7O5S. The third-order valence-electron chi connectivity index (χ3n) is 7.53. The van der Waals surface area contributed by atoms with E-state index >= 15 is 0 Å². The van der Waals surface area contributed by atoms with Crippen molar-refractivity contribution in [2.75, 3.05) is 26.2 Å². The summed E-state index contributed by atoms with van der Waals surface area (Å²) in [7, 11) is -3.95. The lowest BCUT2D eigenvalue weighted by atomic mass is 10.1. The van der Waals surface area contributed by atoms with Crippen molar-refractivity contribution >= 4 is 32.7 Å². The van der Waals surface area contributed by atoms with Crippen molar-refractivity contribution in [2.45, 2.75) is 23.9 Å². The molecule has 1 aliphatic carbocycles. The average Bonchev–Trinajstić information content (AvgIpc) is 3.78. The summed E-state index contributed by atoms with van der Waals surface area (Å²) in [5.41, 5.74) is 2.62. The van der Waals surface area contributed by atoms with Crippen LogP contribution in [-0.2, 0) is 14.8 Å². The number of aromatic amines is 1. The van der Waals surface area contributed by atoms with Gasteiger partial charge >= 0.3 is 0 Å². The summed E-state index contributed by atoms with van der Waals surface area (Å²) in [5.74, 6) is 1.88. The molecule has 42 heavy (non-hydrogen) atoms. The minimum absolute atomic E-state index is 0.0227. The maximum atomic E-state index is 13.7. The van der Waals surface area contributed by atoms with E-state index in [1.807, 2.05) is 0 Å². The lowest BCUT2D eigenvalue weighted by molar-refractivity contribution is -0.605. The predicted octanol–water partition coefficient (Wildman–Crippen LogP) is 1.28. The average molecular weight is 586 g/mol. The fourth-order valence-electron chi connectivity index (χ4n) is 4.99. The Labute approximate surface area is 242 Å². The van der Waals surface area contributed by atoms with Crippen LogP contribution in [0.25, 0.3) is 22.0 Å². The molecule has 1 atom stereocenters. The van der Waals surface area contributed by atoms with Gasteiger partial charge in [0.15, 0.2) is 12.4 Å². The molecule has 13 heteroatoms. The molecule has 214 valence electrons. The maximum absolute atomic E-state index is 13.7. The Morgan fingerprint density at radius 3 is 2.52 bits per heavy atom. The molecule has 0 spiro atoms. The highest BCUT2D eigenvalue weighted by Gasteiger charge is 2.39. The zero-order chi connectivity index (χ0) is 29.4. The highest BCUT2D eigenvalue weighted by molar-refractivity contribution is 7.89. The Morgan fingerprint density at radius 1 is 1.10 bits per heavy atom. The molecule has 2 amide bonds. The molecule has 0 radical (unpaired) electrons. The summed E-state index contributed by atoms with van der Waals surface area (Å²) in [5, 5.41) is 14.9. The van der Waals surface area contributed by atoms with Crippen molar-refractivity contribution in [3.63, 3.8) is 0 Å². The van der Waals surface area contributed by atoms with Crippen molar-refractivity contribution < 1.29 is 22.7 Å². The summed E-state index contributed by atoms with van der Waals surface area (Å²) >= 11 is 0. The molecule has 2 aliphatic rings. The molecule has 4 aromatic rings. The minimum Gasteiger partial charge on any atom is -0.619 e. The highest BCUT2D eigenvalue weighted by Crippen LogP contribution is 2.29. The standard InChI is InChI=1S/C29H27N7O5S/c1-2-19-3-6-25-22(13-19)14-26(33-25)42(40,41)35-11-12-36(24(18-35)17-32-28(37)21-4-5-21)29(38)27-30-15-23(16-31-27)20-7-9-34(39)10-8-20/h1,3,6-10,13-16,21,24,33H,4-5,11-12,17-18H2,(H,32,37). The Kier molecular flexibility index (Phi) is 7.09. The van der Waals surface area contributed by atoms with Gasteiger partial charge in [-0.3, -0.25) is 9.59 Å². The van der Waals surface area contributed by atoms with Gasteiger partial charge in [0.1, 0.15) is 5.03 Å². The van der Waals surface area contributed by atoms with Gasteiger partial charge in [-0.1, -0.05) is 5.92 Å². The van der Waals surface area contributed by atoms with Crippen molar-refractivity contribution in [1.29, 1.82) is 0 Å². The van der Waals surface area contributed by atoms with Crippen LogP contribution in [0.2, 0.25) is 0 Å². The van der Waals surface area contributed by atoms with Crippen LogP contribution >= 0.6 is 0 Å². The Balaban J connectivity index is 1.23. The molecule has 3 aromatic heterocycles. The number of rotatable bonds is 7. The van der Waals surface area contributed by atoms with Gasteiger partial charge in [0.05, 0.1) is 6.04 Å². The van der Waals surface area contributed by atoms with Crippen molar-refractivity contribution in [2.24, 2.45) is 5.92 Å². The molecule has 4 heterocycles. The summed E-state index contributed by atoms with van der Waals surface area (Å²) < 4.78 is 29.3. The van der Waals surface area contributed by atoms with Gasteiger partial charge in [0.2, 0.25) is 11.7 Å². The van der Waals surface area contributed by atoms with E-state index in [1.165, 1.54) is 34.0 Å². The third-order valence-corrected chi connectivity index (χ3v) is 9.31. The van der Waals surface area contributed by atoms with Gasteiger partial charge in [-0.25, -0.2) is 18.4 Å². The number of nitrogens with zero attached hydrogens (tertiary/aromatic N) is 5. The van der Waals surface area contributed by atoms with Crippen molar-refractivity contribution in [3.05, 3.63) is 77.8 Å². The summed E-state index contributed by atoms with van der Waals surface area (Å²) in [6.07, 6.45) is 12.8. The number of pyridine rings is 1. The van der Waals surface area contributed by atoms with Crippen LogP contribution in [0.3, 0.4) is 0 Å². The summed E-state index contributed by atoms with van der Waals surface area (Å²) in [6, 6.07) is 9.34. The number of hydrogen-bond donors (Lipinski definition) is 2. The second-order valence-corrected chi connectivity index (χ2v) is 12.3. The molecule has 6 rings (SSSR count). The van der Waals surface area contributed by atoms with Crippen molar-refractivity contribution in [3.8, 4) is 23.5 Å². The number of fused-ring (bicyclic) bond motifs is 1. The van der Waals surface area contributed by atoms with Crippen molar-refractivity contribution in [1.82, 2.24) is 29.5 Å². The van der Waals surface area contributed by atoms with Crippen LogP contribution < -0.4 is 10.0 Å². The molecule has 1 saturated carbocycles. The number of nitrogens with one attached hydrogen (secondary N) is 2. The topological polar surface area (TPSA) is 155 Å². The van der Waals surface area contributed by atoms with Gasteiger partial charge in [-0.05, 0) is 42.7 Å². The van der Waals surface area contributed by atoms with Gasteiger partial charge in [-0.2, -0.15) is 9.04 Å². The van der Waals surface area contributed by atoms with E-state index in [4.69, 9.17) is 6.42 Å². The fourth-order valence-corrected chi connectivity index (χ4v) is 6.47. The molecule has 1 unspecified atom stereocenters. The molecule has 2 N–H and O–H groups in total. The molecular weight excluding hydrogens is 558 g/mol. The van der Waals surface area contributed by atoms with E-state index in [0.717, 1.165) is 12.8 Å². The second-order valence-electron chi connectivity index (χ2n) is 10.4. The van der Waals surface area contributed by atoms with Crippen LogP contribution in [0.1, 0.15) is 29.0 Å². The molecule has 2 fully saturated rings. The second kappa shape index (κ2) is 10.9. The van der Waals surface area contributed by atoms with E-state index in [0.29, 0.717) is 32.3 Å². The van der Waals surface area contributed by atoms with Gasteiger partial charge in [0.25, 0.3) is 15.9 Å². The maximum Gasteiger partial charge on any atom is 0.292 e. The quantitative estimate of drug-likeness (QED) is 0.188. The third kappa shape index (κ3) is 5.41. The number of terminal acetylenes is 1. The zero-order valence-electron chi connectivity index (χ0n) is 22.4. The first-order valence-corrected chi connectivity index (χ1v) is 14.9. The summed E-state index contributed by atoms with van der Waals surface area (Å²) in [4.78, 5) is 39.0. The predicted molar refractivity (Wildman–Crippen MR) is 152 cm³/mol. The van der Waals surface area contributed by atoms with Gasteiger partial charge in [-0.15, -0.1) is 6.42 Å². The van der Waals surface area contributed by atoms with E-state index in [1.54, 1.807) is 36.4 Å². The van der Waals surface area contributed by atoms with E-state index in [-0.39, 0.29) is 48.9 Å². The molecule has 1 saturated heterocycles. The van der Waals surface area contributed by atoms with E-state index < -0.39 is 22.0 Å². The van der Waals surface area contributed by atoms with Crippen LogP contribution in [0.5, 0.6) is 0 Å². The number of hydrogen-bond acceptors (Lipinski definition) is 7. The molecule has 12 nitrogen and oxygen atoms in total. The first-order valence-electron chi connectivity index (χ1n) is 13.4. The number of benzene rings is 1. The van der Waals surface area contributed by atoms with Crippen LogP contribution in [0.15, 0.2) is 66.2 Å². The minimum atomic E-state index is -3.95. The SMILES string of the molecule is C#Cc1ccc2[nH]c(S(=O)(=O)N3CCN(C(=O)c4ncc(-c5cc[n+]([O-])cc5)cn4)C(CNC(=O)C4CC4)C3)cc2c1. The number of carbonyl (C=O) groups is 2. The Hall–Kier alpha value is -4.80. The zero-order valence-corrected chi connectivity index (χ0v) is 23.3. The van der Waals surface area contributed by atoms with Crippen LogP contribution in [-0.4, -0.2) is 76.6 Å². The number of amides is 2. The Bertz CT molecular complexity index is 1810. The summed E-state index contributed by atoms with van der Waals surface area (Å²) in [6.45, 7) is 0.185. The molecule has 1 aromatic carbocycles. The number of carbonyl (C=O) groups excluding carboxylic acids is 2. The van der Waals surface area contributed by atoms with Crippen LogP contribution in [0.4, 0.5) is 0 Å².